The Labute approximate surface area is 130 Å². The van der Waals surface area contributed by atoms with Crippen LogP contribution in [0.2, 0.25) is 0 Å². The summed E-state index contributed by atoms with van der Waals surface area (Å²) in [7, 11) is 0. The van der Waals surface area contributed by atoms with Crippen molar-refractivity contribution >= 4 is 0 Å². The molecule has 11 atom stereocenters. The van der Waals surface area contributed by atoms with Crippen molar-refractivity contribution in [2.75, 3.05) is 6.61 Å². The molecule has 11 heteroatoms. The number of ether oxygens (including phenoxy) is 2. The maximum atomic E-state index is 9.85. The molecule has 2 fully saturated rings. The van der Waals surface area contributed by atoms with Gasteiger partial charge in [0.25, 0.3) is 0 Å². The first kappa shape index (κ1) is 18.9. The summed E-state index contributed by atoms with van der Waals surface area (Å²) in [4.78, 5) is 0. The van der Waals surface area contributed by atoms with E-state index in [-0.39, 0.29) is 0 Å². The number of hydrogen-bond donors (Lipinski definition) is 9. The minimum absolute atomic E-state index is 0.704. The highest BCUT2D eigenvalue weighted by Gasteiger charge is 2.52. The zero-order valence-electron chi connectivity index (χ0n) is 11.9. The van der Waals surface area contributed by atoms with Crippen molar-refractivity contribution in [3.05, 3.63) is 0 Å². The molecule has 2 rings (SSSR count). The largest absolute Gasteiger partial charge is 0.394 e. The molecule has 0 aromatic rings. The molecule has 1 aliphatic heterocycles. The molecule has 1 heterocycles. The zero-order valence-corrected chi connectivity index (χ0v) is 11.9. The predicted octanol–water partition coefficient (Wildman–Crippen LogP) is -6.01. The van der Waals surface area contributed by atoms with Gasteiger partial charge in [-0.1, -0.05) is 0 Å². The van der Waals surface area contributed by atoms with Crippen molar-refractivity contribution in [3.63, 3.8) is 0 Å². The molecule has 1 saturated heterocycles. The fourth-order valence-electron chi connectivity index (χ4n) is 2.69. The van der Waals surface area contributed by atoms with Crippen molar-refractivity contribution in [3.8, 4) is 0 Å². The monoisotopic (exact) mass is 342 g/mol. The number of rotatable bonds is 3. The first-order chi connectivity index (χ1) is 10.7. The molecule has 23 heavy (non-hydrogen) atoms. The lowest BCUT2D eigenvalue weighted by molar-refractivity contribution is -0.339. The van der Waals surface area contributed by atoms with Gasteiger partial charge >= 0.3 is 0 Å². The second-order valence-corrected chi connectivity index (χ2v) is 5.75. The van der Waals surface area contributed by atoms with Crippen molar-refractivity contribution in [1.82, 2.24) is 0 Å². The first-order valence-corrected chi connectivity index (χ1v) is 7.07. The topological polar surface area (TPSA) is 201 Å². The van der Waals surface area contributed by atoms with Gasteiger partial charge in [0.05, 0.1) is 6.61 Å². The van der Waals surface area contributed by atoms with E-state index in [1.807, 2.05) is 0 Å². The van der Waals surface area contributed by atoms with Crippen LogP contribution in [0.1, 0.15) is 0 Å². The average molecular weight is 342 g/mol. The van der Waals surface area contributed by atoms with Crippen LogP contribution in [0, 0.1) is 0 Å². The number of aliphatic hydroxyl groups is 9. The standard InChI is InChI=1S/C12H22O11/c13-1-2-3(14)4(15)10(21)12(22-2)23-11-8(19)6(17)5(16)7(18)9(11)20/h2-21H,1H2/t2-,3+,4+,5?,6-,7-,8-,9+,10-,11?,12+/m1/s1. The minimum atomic E-state index is -1.83. The van der Waals surface area contributed by atoms with Crippen LogP contribution < -0.4 is 0 Å². The van der Waals surface area contributed by atoms with Crippen LogP contribution in [0.4, 0.5) is 0 Å². The highest BCUT2D eigenvalue weighted by Crippen LogP contribution is 2.29. The van der Waals surface area contributed by atoms with Gasteiger partial charge in [0.15, 0.2) is 6.29 Å². The SMILES string of the molecule is OC[C@H]1O[C@@H](OC2[C@@H](O)[C@H](O)C(O)[C@@H](O)[C@H]2O)[C@H](O)[C@@H](O)[C@H]1O. The van der Waals surface area contributed by atoms with Crippen molar-refractivity contribution in [2.45, 2.75) is 67.3 Å². The molecule has 0 radical (unpaired) electrons. The Morgan fingerprint density at radius 2 is 1.04 bits per heavy atom. The highest BCUT2D eigenvalue weighted by molar-refractivity contribution is 5.00. The van der Waals surface area contributed by atoms with Crippen LogP contribution in [0.3, 0.4) is 0 Å². The molecular weight excluding hydrogens is 320 g/mol. The van der Waals surface area contributed by atoms with Crippen molar-refractivity contribution in [2.24, 2.45) is 0 Å². The molecule has 0 spiro atoms. The van der Waals surface area contributed by atoms with Gasteiger partial charge in [0.1, 0.15) is 61.0 Å². The van der Waals surface area contributed by atoms with E-state index >= 15 is 0 Å². The Kier molecular flexibility index (Phi) is 5.92. The molecule has 11 nitrogen and oxygen atoms in total. The third-order valence-electron chi connectivity index (χ3n) is 4.21. The number of hydrogen-bond acceptors (Lipinski definition) is 11. The van der Waals surface area contributed by atoms with Gasteiger partial charge < -0.3 is 55.4 Å². The van der Waals surface area contributed by atoms with Gasteiger partial charge in [-0.25, -0.2) is 0 Å². The lowest BCUT2D eigenvalue weighted by atomic mass is 9.84. The molecule has 0 aromatic heterocycles. The molecular formula is C12H22O11. The summed E-state index contributed by atoms with van der Waals surface area (Å²) in [6.45, 7) is -0.704. The van der Waals surface area contributed by atoms with E-state index in [9.17, 15) is 40.9 Å². The van der Waals surface area contributed by atoms with Crippen LogP contribution in [-0.4, -0.2) is 120 Å². The third-order valence-corrected chi connectivity index (χ3v) is 4.21. The fourth-order valence-corrected chi connectivity index (χ4v) is 2.69. The summed E-state index contributed by atoms with van der Waals surface area (Å²) >= 11 is 0. The summed E-state index contributed by atoms with van der Waals surface area (Å²) in [6, 6.07) is 0. The Morgan fingerprint density at radius 1 is 0.609 bits per heavy atom. The van der Waals surface area contributed by atoms with Gasteiger partial charge in [-0.15, -0.1) is 0 Å². The summed E-state index contributed by atoms with van der Waals surface area (Å²) in [6.07, 6.45) is -18.9. The lowest BCUT2D eigenvalue weighted by Crippen LogP contribution is -2.67. The normalized spacial score (nSPS) is 54.9. The lowest BCUT2D eigenvalue weighted by Gasteiger charge is -2.45. The van der Waals surface area contributed by atoms with Gasteiger partial charge in [0.2, 0.25) is 0 Å². The second kappa shape index (κ2) is 7.21. The Balaban J connectivity index is 2.13. The average Bonchev–Trinajstić information content (AvgIpc) is 2.54. The van der Waals surface area contributed by atoms with Gasteiger partial charge in [-0.3, -0.25) is 0 Å². The Morgan fingerprint density at radius 3 is 1.52 bits per heavy atom. The molecule has 1 saturated carbocycles. The molecule has 9 N–H and O–H groups in total. The van der Waals surface area contributed by atoms with Crippen LogP contribution >= 0.6 is 0 Å². The van der Waals surface area contributed by atoms with Gasteiger partial charge in [0, 0.05) is 0 Å². The van der Waals surface area contributed by atoms with Crippen LogP contribution in [-0.2, 0) is 9.47 Å². The number of aliphatic hydroxyl groups excluding tert-OH is 9. The summed E-state index contributed by atoms with van der Waals surface area (Å²) in [5.74, 6) is 0. The van der Waals surface area contributed by atoms with Crippen molar-refractivity contribution in [1.29, 1.82) is 0 Å². The zero-order chi connectivity index (χ0) is 17.5. The van der Waals surface area contributed by atoms with E-state index in [2.05, 4.69) is 0 Å². The maximum absolute atomic E-state index is 9.85. The second-order valence-electron chi connectivity index (χ2n) is 5.75. The van der Waals surface area contributed by atoms with E-state index in [0.717, 1.165) is 0 Å². The summed E-state index contributed by atoms with van der Waals surface area (Å²) in [5.41, 5.74) is 0. The van der Waals surface area contributed by atoms with Crippen molar-refractivity contribution < 1.29 is 55.4 Å². The molecule has 2 aliphatic rings. The van der Waals surface area contributed by atoms with Crippen LogP contribution in [0.15, 0.2) is 0 Å². The molecule has 136 valence electrons. The first-order valence-electron chi connectivity index (χ1n) is 7.07. The van der Waals surface area contributed by atoms with Crippen LogP contribution in [0.5, 0.6) is 0 Å². The smallest absolute Gasteiger partial charge is 0.187 e. The van der Waals surface area contributed by atoms with Crippen LogP contribution in [0.25, 0.3) is 0 Å². The molecule has 0 aromatic carbocycles. The molecule has 0 amide bonds. The third kappa shape index (κ3) is 3.36. The van der Waals surface area contributed by atoms with Gasteiger partial charge in [-0.2, -0.15) is 0 Å². The van der Waals surface area contributed by atoms with E-state index in [1.165, 1.54) is 0 Å². The summed E-state index contributed by atoms with van der Waals surface area (Å²) in [5, 5.41) is 86.6. The van der Waals surface area contributed by atoms with E-state index in [0.29, 0.717) is 0 Å². The minimum Gasteiger partial charge on any atom is -0.394 e. The quantitative estimate of drug-likeness (QED) is 0.236. The highest BCUT2D eigenvalue weighted by atomic mass is 16.7. The van der Waals surface area contributed by atoms with E-state index in [4.69, 9.17) is 14.6 Å². The van der Waals surface area contributed by atoms with Gasteiger partial charge in [-0.05, 0) is 0 Å². The Bertz CT molecular complexity index is 377. The van der Waals surface area contributed by atoms with E-state index < -0.39 is 73.9 Å². The molecule has 0 bridgehead atoms. The molecule has 1 aliphatic carbocycles. The van der Waals surface area contributed by atoms with E-state index in [1.54, 1.807) is 0 Å². The fraction of sp³-hybridized carbons (Fsp3) is 1.00. The predicted molar refractivity (Wildman–Crippen MR) is 68.7 cm³/mol. The molecule has 2 unspecified atom stereocenters. The maximum Gasteiger partial charge on any atom is 0.187 e. The Hall–Kier alpha value is -0.440. The summed E-state index contributed by atoms with van der Waals surface area (Å²) < 4.78 is 10.2.